The molecule has 3 N–H and O–H groups in total. The highest BCUT2D eigenvalue weighted by Gasteiger charge is 2.20. The Kier molecular flexibility index (Phi) is 4.11. The number of anilines is 2. The molecule has 2 aromatic carbocycles. The lowest BCUT2D eigenvalue weighted by Gasteiger charge is -2.09. The Hall–Kier alpha value is -2.57. The molecule has 3 nitrogen and oxygen atoms in total. The van der Waals surface area contributed by atoms with Gasteiger partial charge in [0.2, 0.25) is 5.91 Å². The molecule has 0 saturated heterocycles. The van der Waals surface area contributed by atoms with Crippen molar-refractivity contribution in [3.63, 3.8) is 0 Å². The highest BCUT2D eigenvalue weighted by atomic mass is 19.2. The zero-order chi connectivity index (χ0) is 15.6. The topological polar surface area (TPSA) is 55.1 Å². The van der Waals surface area contributed by atoms with Crippen LogP contribution in [0.25, 0.3) is 0 Å². The Morgan fingerprint density at radius 2 is 1.52 bits per heavy atom. The zero-order valence-electron chi connectivity index (χ0n) is 10.6. The van der Waals surface area contributed by atoms with Gasteiger partial charge in [-0.3, -0.25) is 4.79 Å². The molecule has 0 aliphatic heterocycles. The smallest absolute Gasteiger partial charge is 0.228 e. The van der Waals surface area contributed by atoms with E-state index in [9.17, 15) is 22.4 Å². The molecule has 0 aromatic heterocycles. The van der Waals surface area contributed by atoms with Crippen LogP contribution in [0.4, 0.5) is 28.9 Å². The van der Waals surface area contributed by atoms with Crippen LogP contribution in [0.3, 0.4) is 0 Å². The summed E-state index contributed by atoms with van der Waals surface area (Å²) in [6, 6.07) is 6.26. The molecule has 2 aromatic rings. The second-order valence-corrected chi connectivity index (χ2v) is 4.31. The van der Waals surface area contributed by atoms with Crippen LogP contribution in [0.15, 0.2) is 30.3 Å². The van der Waals surface area contributed by atoms with Crippen molar-refractivity contribution >= 4 is 17.3 Å². The van der Waals surface area contributed by atoms with Crippen molar-refractivity contribution in [2.75, 3.05) is 11.1 Å². The number of amides is 1. The normalized spacial score (nSPS) is 10.5. The van der Waals surface area contributed by atoms with Crippen LogP contribution in [-0.4, -0.2) is 5.91 Å². The quantitative estimate of drug-likeness (QED) is 0.520. The Bertz CT molecular complexity index is 660. The van der Waals surface area contributed by atoms with E-state index in [4.69, 9.17) is 5.73 Å². The van der Waals surface area contributed by atoms with Crippen molar-refractivity contribution in [3.8, 4) is 0 Å². The lowest BCUT2D eigenvalue weighted by Crippen LogP contribution is -2.17. The summed E-state index contributed by atoms with van der Waals surface area (Å²) in [5, 5.41) is 1.82. The van der Waals surface area contributed by atoms with Crippen LogP contribution in [0, 0.1) is 23.3 Å². The van der Waals surface area contributed by atoms with Gasteiger partial charge in [0.05, 0.1) is 6.42 Å². The number of carbonyl (C=O) groups is 1. The van der Waals surface area contributed by atoms with Gasteiger partial charge in [0, 0.05) is 11.8 Å². The van der Waals surface area contributed by atoms with E-state index in [1.165, 1.54) is 0 Å². The molecular weight excluding hydrogens is 288 g/mol. The number of halogens is 4. The Morgan fingerprint density at radius 3 is 2.05 bits per heavy atom. The number of carbonyl (C=O) groups excluding carboxylic acids is 1. The first-order valence-electron chi connectivity index (χ1n) is 5.85. The van der Waals surface area contributed by atoms with Crippen molar-refractivity contribution < 1.29 is 22.4 Å². The van der Waals surface area contributed by atoms with E-state index < -0.39 is 34.9 Å². The van der Waals surface area contributed by atoms with E-state index in [1.807, 2.05) is 5.32 Å². The Labute approximate surface area is 117 Å². The van der Waals surface area contributed by atoms with Gasteiger partial charge in [-0.25, -0.2) is 17.6 Å². The maximum Gasteiger partial charge on any atom is 0.228 e. The van der Waals surface area contributed by atoms with Crippen molar-refractivity contribution in [3.05, 3.63) is 59.2 Å². The minimum absolute atomic E-state index is 0.0697. The molecule has 0 aliphatic rings. The third kappa shape index (κ3) is 3.31. The molecule has 2 rings (SSSR count). The van der Waals surface area contributed by atoms with Crippen molar-refractivity contribution in [1.82, 2.24) is 0 Å². The van der Waals surface area contributed by atoms with E-state index in [1.54, 1.807) is 24.3 Å². The number of rotatable bonds is 3. The van der Waals surface area contributed by atoms with E-state index in [0.717, 1.165) is 0 Å². The average Bonchev–Trinajstić information content (AvgIpc) is 2.44. The lowest BCUT2D eigenvalue weighted by molar-refractivity contribution is -0.115. The largest absolute Gasteiger partial charge is 0.399 e. The minimum Gasteiger partial charge on any atom is -0.399 e. The number of benzene rings is 2. The van der Waals surface area contributed by atoms with Crippen molar-refractivity contribution in [1.29, 1.82) is 0 Å². The number of nitrogens with one attached hydrogen (secondary N) is 1. The molecule has 0 heterocycles. The molecule has 0 saturated carbocycles. The van der Waals surface area contributed by atoms with Gasteiger partial charge >= 0.3 is 0 Å². The van der Waals surface area contributed by atoms with Crippen LogP contribution >= 0.6 is 0 Å². The van der Waals surface area contributed by atoms with Gasteiger partial charge < -0.3 is 11.1 Å². The summed E-state index contributed by atoms with van der Waals surface area (Å²) in [5.41, 5.74) is 5.34. The number of nitrogens with two attached hydrogens (primary N) is 1. The summed E-state index contributed by atoms with van der Waals surface area (Å²) in [7, 11) is 0. The van der Waals surface area contributed by atoms with Gasteiger partial charge in [-0.2, -0.15) is 0 Å². The second-order valence-electron chi connectivity index (χ2n) is 4.31. The van der Waals surface area contributed by atoms with Crippen LogP contribution in [-0.2, 0) is 11.2 Å². The van der Waals surface area contributed by atoms with Crippen LogP contribution in [0.2, 0.25) is 0 Å². The SMILES string of the molecule is Nc1ccc(CC(=O)Nc2c(F)c(F)cc(F)c2F)cc1. The Morgan fingerprint density at radius 1 is 1.00 bits per heavy atom. The van der Waals surface area contributed by atoms with Crippen molar-refractivity contribution in [2.45, 2.75) is 6.42 Å². The molecule has 0 atom stereocenters. The summed E-state index contributed by atoms with van der Waals surface area (Å²) in [6.07, 6.45) is -0.225. The van der Waals surface area contributed by atoms with Gasteiger partial charge in [0.1, 0.15) is 5.69 Å². The van der Waals surface area contributed by atoms with E-state index >= 15 is 0 Å². The molecule has 21 heavy (non-hydrogen) atoms. The van der Waals surface area contributed by atoms with Gasteiger partial charge in [-0.15, -0.1) is 0 Å². The third-order valence-corrected chi connectivity index (χ3v) is 2.72. The molecule has 0 unspecified atom stereocenters. The standard InChI is InChI=1S/C14H10F4N2O/c15-9-6-10(16)13(18)14(12(9)17)20-11(21)5-7-1-3-8(19)4-2-7/h1-4,6H,5,19H2,(H,20,21). The number of nitrogen functional groups attached to an aromatic ring is 1. The minimum atomic E-state index is -1.65. The van der Waals surface area contributed by atoms with Gasteiger partial charge in [-0.05, 0) is 17.7 Å². The highest BCUT2D eigenvalue weighted by Crippen LogP contribution is 2.24. The number of hydrogen-bond acceptors (Lipinski definition) is 2. The third-order valence-electron chi connectivity index (χ3n) is 2.72. The molecule has 1 amide bonds. The maximum atomic E-state index is 13.4. The fraction of sp³-hybridized carbons (Fsp3) is 0.0714. The predicted octanol–water partition coefficient (Wildman–Crippen LogP) is 3.01. The maximum absolute atomic E-state index is 13.4. The fourth-order valence-electron chi connectivity index (χ4n) is 1.69. The lowest BCUT2D eigenvalue weighted by atomic mass is 10.1. The first-order chi connectivity index (χ1) is 9.88. The molecule has 0 radical (unpaired) electrons. The Balaban J connectivity index is 2.18. The molecule has 110 valence electrons. The molecular formula is C14H10F4N2O. The molecule has 0 fully saturated rings. The molecule has 7 heteroatoms. The molecule has 0 spiro atoms. The van der Waals surface area contributed by atoms with Crippen molar-refractivity contribution in [2.24, 2.45) is 0 Å². The predicted molar refractivity (Wildman–Crippen MR) is 69.5 cm³/mol. The molecule has 0 bridgehead atoms. The second kappa shape index (κ2) is 5.82. The first-order valence-corrected chi connectivity index (χ1v) is 5.85. The summed E-state index contributed by atoms with van der Waals surface area (Å²) in [4.78, 5) is 11.7. The summed E-state index contributed by atoms with van der Waals surface area (Å²) >= 11 is 0. The zero-order valence-corrected chi connectivity index (χ0v) is 10.6. The van der Waals surface area contributed by atoms with Gasteiger partial charge in [0.15, 0.2) is 23.3 Å². The summed E-state index contributed by atoms with van der Waals surface area (Å²) in [6.45, 7) is 0. The summed E-state index contributed by atoms with van der Waals surface area (Å²) < 4.78 is 52.8. The van der Waals surface area contributed by atoms with Gasteiger partial charge in [-0.1, -0.05) is 12.1 Å². The van der Waals surface area contributed by atoms with E-state index in [2.05, 4.69) is 0 Å². The number of hydrogen-bond donors (Lipinski definition) is 2. The fourth-order valence-corrected chi connectivity index (χ4v) is 1.69. The van der Waals surface area contributed by atoms with Crippen LogP contribution < -0.4 is 11.1 Å². The van der Waals surface area contributed by atoms with E-state index in [-0.39, 0.29) is 12.5 Å². The average molecular weight is 298 g/mol. The first kappa shape index (κ1) is 14.8. The van der Waals surface area contributed by atoms with Crippen LogP contribution in [0.5, 0.6) is 0 Å². The van der Waals surface area contributed by atoms with E-state index in [0.29, 0.717) is 11.3 Å². The monoisotopic (exact) mass is 298 g/mol. The summed E-state index contributed by atoms with van der Waals surface area (Å²) in [5.74, 6) is -7.30. The van der Waals surface area contributed by atoms with Gasteiger partial charge in [0.25, 0.3) is 0 Å². The highest BCUT2D eigenvalue weighted by molar-refractivity contribution is 5.92. The van der Waals surface area contributed by atoms with Crippen LogP contribution in [0.1, 0.15) is 5.56 Å². The molecule has 0 aliphatic carbocycles.